The molecule has 0 spiro atoms. The summed E-state index contributed by atoms with van der Waals surface area (Å²) in [5, 5.41) is 22.1. The summed E-state index contributed by atoms with van der Waals surface area (Å²) in [7, 11) is -12.0. The quantitative estimate of drug-likeness (QED) is 0.115. The zero-order valence-corrected chi connectivity index (χ0v) is 49.8. The summed E-state index contributed by atoms with van der Waals surface area (Å²) in [5.41, 5.74) is 0. The van der Waals surface area contributed by atoms with Crippen LogP contribution in [0.2, 0.25) is 0 Å². The first-order valence-corrected chi connectivity index (χ1v) is 35.1. The third kappa shape index (κ3) is 8.80. The van der Waals surface area contributed by atoms with Crippen LogP contribution in [-0.4, -0.2) is 0 Å². The highest BCUT2D eigenvalue weighted by molar-refractivity contribution is 7.87. The van der Waals surface area contributed by atoms with Gasteiger partial charge in [-0.15, -0.1) is 0 Å². The lowest BCUT2D eigenvalue weighted by molar-refractivity contribution is 0.592. The maximum atomic E-state index is 16.9. The standard InChI is InChI=1S/C78H54O3P4/c79-83(73-37-13-25-55-19-1-7-31-67(55)73,74-38-14-26-56-20-2-8-32-68(56)74)64-49-43-61(44-50-64)82(62-45-51-65(52-46-62)84(80,75-39-15-27-57-21-3-9-33-69(57)75)76-40-16-28-58-22-4-10-34-70(58)76)63-47-53-66(54-48-63)85(81,77-41-17-29-59-23-5-11-35-71(59)77)78-42-18-30-60-24-6-12-36-72(60)78/h1-54H. The van der Waals surface area contributed by atoms with Crippen molar-refractivity contribution in [3.8, 4) is 0 Å². The van der Waals surface area contributed by atoms with Crippen LogP contribution >= 0.6 is 29.3 Å². The summed E-state index contributed by atoms with van der Waals surface area (Å²) in [6.45, 7) is 0. The van der Waals surface area contributed by atoms with E-state index in [1.165, 1.54) is 0 Å². The first-order valence-electron chi connectivity index (χ1n) is 28.6. The van der Waals surface area contributed by atoms with Crippen molar-refractivity contribution in [1.82, 2.24) is 0 Å². The van der Waals surface area contributed by atoms with Crippen LogP contribution in [0.4, 0.5) is 0 Å². The van der Waals surface area contributed by atoms with E-state index in [1.807, 2.05) is 146 Å². The molecule has 0 radical (unpaired) electrons. The zero-order valence-electron chi connectivity index (χ0n) is 46.2. The molecule has 0 aliphatic heterocycles. The van der Waals surface area contributed by atoms with Gasteiger partial charge in [-0.2, -0.15) is 0 Å². The molecule has 0 saturated heterocycles. The Morgan fingerprint density at radius 3 is 0.529 bits per heavy atom. The van der Waals surface area contributed by atoms with Crippen LogP contribution in [0, 0.1) is 0 Å². The Bertz CT molecular complexity index is 4440. The highest BCUT2D eigenvalue weighted by Crippen LogP contribution is 2.50. The second-order valence-corrected chi connectivity index (χ2v) is 32.0. The fourth-order valence-electron chi connectivity index (χ4n) is 13.0. The SMILES string of the molecule is O=P(c1ccc(P(c2ccc(P(=O)(c3cccc4ccccc34)c3cccc4ccccc34)cc2)c2ccc(P(=O)(c3cccc4ccccc34)c3cccc4ccccc34)cc2)cc1)(c1cccc2ccccc12)c1cccc2ccccc12. The van der Waals surface area contributed by atoms with Crippen molar-refractivity contribution in [2.75, 3.05) is 0 Å². The predicted octanol–water partition coefficient (Wildman–Crippen LogP) is 15.3. The molecule has 0 aromatic heterocycles. The molecule has 15 aromatic carbocycles. The monoisotopic (exact) mass is 1160 g/mol. The first kappa shape index (κ1) is 52.8. The van der Waals surface area contributed by atoms with Crippen molar-refractivity contribution < 1.29 is 13.7 Å². The molecule has 0 amide bonds. The fourth-order valence-corrected chi connectivity index (χ4v) is 24.4. The van der Waals surface area contributed by atoms with E-state index in [0.717, 1.165) is 128 Å². The molecule has 0 aliphatic rings. The summed E-state index contributed by atoms with van der Waals surface area (Å²) < 4.78 is 50.6. The van der Waals surface area contributed by atoms with Gasteiger partial charge in [0, 0.05) is 47.7 Å². The highest BCUT2D eigenvalue weighted by atomic mass is 31.2. The molecule has 0 saturated carbocycles. The van der Waals surface area contributed by atoms with Gasteiger partial charge in [0.1, 0.15) is 0 Å². The molecule has 3 nitrogen and oxygen atoms in total. The van der Waals surface area contributed by atoms with E-state index in [0.29, 0.717) is 0 Å². The molecular formula is C78H54O3P4. The molecule has 0 bridgehead atoms. The van der Waals surface area contributed by atoms with Crippen LogP contribution in [-0.2, 0) is 13.7 Å². The van der Waals surface area contributed by atoms with Gasteiger partial charge in [0.2, 0.25) is 0 Å². The predicted molar refractivity (Wildman–Crippen MR) is 368 cm³/mol. The Hall–Kier alpha value is -9.02. The van der Waals surface area contributed by atoms with E-state index in [-0.39, 0.29) is 0 Å². The van der Waals surface area contributed by atoms with Gasteiger partial charge in [-0.3, -0.25) is 0 Å². The summed E-state index contributed by atoms with van der Waals surface area (Å²) in [6, 6.07) is 112. The summed E-state index contributed by atoms with van der Waals surface area (Å²) >= 11 is 0. The number of benzene rings is 15. The topological polar surface area (TPSA) is 51.2 Å². The van der Waals surface area contributed by atoms with E-state index in [9.17, 15) is 0 Å². The average molecular weight is 1160 g/mol. The number of hydrogen-bond donors (Lipinski definition) is 0. The van der Waals surface area contributed by atoms with Gasteiger partial charge in [-0.1, -0.05) is 328 Å². The van der Waals surface area contributed by atoms with Crippen molar-refractivity contribution in [3.05, 3.63) is 328 Å². The largest absolute Gasteiger partial charge is 0.309 e. The van der Waals surface area contributed by atoms with E-state index >= 15 is 13.7 Å². The first-order chi connectivity index (χ1) is 41.8. The highest BCUT2D eigenvalue weighted by Gasteiger charge is 2.37. The Morgan fingerprint density at radius 1 is 0.176 bits per heavy atom. The minimum atomic E-state index is -3.55. The number of rotatable bonds is 12. The minimum absolute atomic E-state index is 0.738. The van der Waals surface area contributed by atoms with E-state index in [4.69, 9.17) is 0 Å². The van der Waals surface area contributed by atoms with Crippen molar-refractivity contribution in [2.45, 2.75) is 0 Å². The third-order valence-electron chi connectivity index (χ3n) is 17.0. The van der Waals surface area contributed by atoms with E-state index in [2.05, 4.69) is 182 Å². The lowest BCUT2D eigenvalue weighted by atomic mass is 10.1. The van der Waals surface area contributed by atoms with Gasteiger partial charge in [-0.25, -0.2) is 0 Å². The Kier molecular flexibility index (Phi) is 13.4. The summed E-state index contributed by atoms with van der Waals surface area (Å²) in [5.74, 6) is 0. The number of fused-ring (bicyclic) bond motifs is 6. The second-order valence-electron chi connectivity index (χ2n) is 21.7. The third-order valence-corrected chi connectivity index (χ3v) is 29.0. The molecular weight excluding hydrogens is 1110 g/mol. The molecule has 7 heteroatoms. The van der Waals surface area contributed by atoms with Gasteiger partial charge in [0.25, 0.3) is 0 Å². The van der Waals surface area contributed by atoms with Gasteiger partial charge in [0.05, 0.1) is 0 Å². The lowest BCUT2D eigenvalue weighted by Gasteiger charge is -2.26. The minimum Gasteiger partial charge on any atom is -0.309 e. The van der Waals surface area contributed by atoms with Crippen molar-refractivity contribution in [3.63, 3.8) is 0 Å². The molecule has 85 heavy (non-hydrogen) atoms. The van der Waals surface area contributed by atoms with Crippen LogP contribution in [0.15, 0.2) is 328 Å². The average Bonchev–Trinajstić information content (AvgIpc) is 2.31. The molecule has 0 aliphatic carbocycles. The normalized spacial score (nSPS) is 12.2. The van der Waals surface area contributed by atoms with E-state index < -0.39 is 29.3 Å². The number of hydrogen-bond acceptors (Lipinski definition) is 3. The molecule has 404 valence electrons. The molecule has 15 rings (SSSR count). The van der Waals surface area contributed by atoms with Gasteiger partial charge in [-0.05, 0) is 88.5 Å². The maximum absolute atomic E-state index is 16.9. The van der Waals surface area contributed by atoms with E-state index in [1.54, 1.807) is 0 Å². The van der Waals surface area contributed by atoms with Crippen molar-refractivity contribution in [1.29, 1.82) is 0 Å². The molecule has 15 aromatic rings. The van der Waals surface area contributed by atoms with Crippen LogP contribution in [0.1, 0.15) is 0 Å². The van der Waals surface area contributed by atoms with Gasteiger partial charge >= 0.3 is 0 Å². The molecule has 0 unspecified atom stereocenters. The van der Waals surface area contributed by atoms with Crippen molar-refractivity contribution >= 4 is 158 Å². The Labute approximate surface area is 495 Å². The fraction of sp³-hybridized carbons (Fsp3) is 0. The van der Waals surface area contributed by atoms with Gasteiger partial charge < -0.3 is 13.7 Å². The second kappa shape index (κ2) is 21.6. The molecule has 0 heterocycles. The maximum Gasteiger partial charge on any atom is 0.172 e. The van der Waals surface area contributed by atoms with Crippen LogP contribution in [0.3, 0.4) is 0 Å². The smallest absolute Gasteiger partial charge is 0.172 e. The summed E-state index contributed by atoms with van der Waals surface area (Å²) in [4.78, 5) is 0. The zero-order chi connectivity index (χ0) is 57.1. The molecule has 0 atom stereocenters. The molecule has 0 N–H and O–H groups in total. The summed E-state index contributed by atoms with van der Waals surface area (Å²) in [6.07, 6.45) is 0. The Balaban J connectivity index is 0.928. The van der Waals surface area contributed by atoms with Crippen LogP contribution in [0.5, 0.6) is 0 Å². The van der Waals surface area contributed by atoms with Crippen LogP contribution < -0.4 is 63.7 Å². The molecule has 0 fully saturated rings. The van der Waals surface area contributed by atoms with Crippen LogP contribution in [0.25, 0.3) is 64.6 Å². The van der Waals surface area contributed by atoms with Gasteiger partial charge in [0.15, 0.2) is 21.4 Å². The van der Waals surface area contributed by atoms with Crippen molar-refractivity contribution in [2.24, 2.45) is 0 Å². The Morgan fingerprint density at radius 2 is 0.341 bits per heavy atom. The lowest BCUT2D eigenvalue weighted by Crippen LogP contribution is -2.29.